The van der Waals surface area contributed by atoms with Gasteiger partial charge in [0.2, 0.25) is 0 Å². The molecule has 0 radical (unpaired) electrons. The van der Waals surface area contributed by atoms with Crippen LogP contribution in [0.15, 0.2) is 24.3 Å². The molecule has 0 saturated heterocycles. The number of carbonyl (C=O) groups is 1. The van der Waals surface area contributed by atoms with Crippen LogP contribution in [0.4, 0.5) is 0 Å². The van der Waals surface area contributed by atoms with Gasteiger partial charge in [-0.1, -0.05) is 31.2 Å². The second-order valence-electron chi connectivity index (χ2n) is 3.19. The normalized spacial score (nSPS) is 12.5. The van der Waals surface area contributed by atoms with Gasteiger partial charge < -0.3 is 5.73 Å². The summed E-state index contributed by atoms with van der Waals surface area (Å²) in [5.41, 5.74) is 7.52. The minimum atomic E-state index is 0.0331. The summed E-state index contributed by atoms with van der Waals surface area (Å²) in [6.07, 6.45) is 0.553. The first-order chi connectivity index (χ1) is 6.15. The van der Waals surface area contributed by atoms with Gasteiger partial charge in [0.25, 0.3) is 0 Å². The number of carbonyl (C=O) groups excluding carboxylic acids is 1. The van der Waals surface area contributed by atoms with Crippen LogP contribution in [0, 0.1) is 0 Å². The fourth-order valence-electron chi connectivity index (χ4n) is 1.18. The van der Waals surface area contributed by atoms with Gasteiger partial charge in [-0.15, -0.1) is 0 Å². The smallest absolute Gasteiger partial charge is 0.162 e. The average molecular weight is 177 g/mol. The second kappa shape index (κ2) is 4.19. The van der Waals surface area contributed by atoms with E-state index in [9.17, 15) is 4.79 Å². The van der Waals surface area contributed by atoms with E-state index in [2.05, 4.69) is 0 Å². The lowest BCUT2D eigenvalue weighted by atomic mass is 10.0. The summed E-state index contributed by atoms with van der Waals surface area (Å²) in [6.45, 7) is 3.79. The minimum absolute atomic E-state index is 0.0331. The van der Waals surface area contributed by atoms with Gasteiger partial charge in [-0.3, -0.25) is 4.79 Å². The Morgan fingerprint density at radius 1 is 1.38 bits per heavy atom. The summed E-state index contributed by atoms with van der Waals surface area (Å²) in [6, 6.07) is 7.53. The van der Waals surface area contributed by atoms with Crippen molar-refractivity contribution < 1.29 is 4.79 Å². The Bertz CT molecular complexity index is 287. The maximum absolute atomic E-state index is 11.3. The van der Waals surface area contributed by atoms with Crippen LogP contribution in [0.2, 0.25) is 0 Å². The monoisotopic (exact) mass is 177 g/mol. The number of benzene rings is 1. The Kier molecular flexibility index (Phi) is 3.20. The van der Waals surface area contributed by atoms with Crippen molar-refractivity contribution in [2.24, 2.45) is 5.73 Å². The first-order valence-corrected chi connectivity index (χ1v) is 4.54. The number of hydrogen-bond donors (Lipinski definition) is 1. The standard InChI is InChI=1S/C11H15NO/c1-3-11(13)10-6-4-9(5-7-10)8(2)12/h4-8H,3,12H2,1-2H3. The van der Waals surface area contributed by atoms with Gasteiger partial charge in [0.05, 0.1) is 0 Å². The maximum atomic E-state index is 11.3. The number of Topliss-reactive ketones (excluding diaryl/α,β-unsaturated/α-hetero) is 1. The molecule has 1 unspecified atom stereocenters. The Hall–Kier alpha value is -1.15. The third-order valence-electron chi connectivity index (χ3n) is 2.08. The SMILES string of the molecule is CCC(=O)c1ccc(C(C)N)cc1. The molecule has 0 fully saturated rings. The predicted octanol–water partition coefficient (Wildman–Crippen LogP) is 2.30. The largest absolute Gasteiger partial charge is 0.324 e. The lowest BCUT2D eigenvalue weighted by molar-refractivity contribution is 0.0988. The van der Waals surface area contributed by atoms with Crippen molar-refractivity contribution >= 4 is 5.78 Å². The molecular weight excluding hydrogens is 162 g/mol. The molecule has 1 rings (SSSR count). The van der Waals surface area contributed by atoms with E-state index in [0.29, 0.717) is 6.42 Å². The molecule has 70 valence electrons. The summed E-state index contributed by atoms with van der Waals surface area (Å²) < 4.78 is 0. The van der Waals surface area contributed by atoms with Crippen molar-refractivity contribution in [3.05, 3.63) is 35.4 Å². The van der Waals surface area contributed by atoms with E-state index in [0.717, 1.165) is 11.1 Å². The van der Waals surface area contributed by atoms with Crippen LogP contribution in [-0.4, -0.2) is 5.78 Å². The van der Waals surface area contributed by atoms with Gasteiger partial charge in [-0.05, 0) is 12.5 Å². The van der Waals surface area contributed by atoms with Crippen molar-refractivity contribution in [3.63, 3.8) is 0 Å². The Morgan fingerprint density at radius 3 is 2.31 bits per heavy atom. The van der Waals surface area contributed by atoms with Crippen LogP contribution in [-0.2, 0) is 0 Å². The van der Waals surface area contributed by atoms with Gasteiger partial charge in [0.1, 0.15) is 0 Å². The number of rotatable bonds is 3. The molecule has 0 aliphatic rings. The Labute approximate surface area is 78.8 Å². The summed E-state index contributed by atoms with van der Waals surface area (Å²) >= 11 is 0. The van der Waals surface area contributed by atoms with Crippen molar-refractivity contribution in [3.8, 4) is 0 Å². The quantitative estimate of drug-likeness (QED) is 0.720. The summed E-state index contributed by atoms with van der Waals surface area (Å²) in [5.74, 6) is 0.177. The molecule has 0 spiro atoms. The molecule has 2 heteroatoms. The fraction of sp³-hybridized carbons (Fsp3) is 0.364. The van der Waals surface area contributed by atoms with Crippen LogP contribution in [0.3, 0.4) is 0 Å². The van der Waals surface area contributed by atoms with E-state index in [1.807, 2.05) is 38.1 Å². The zero-order chi connectivity index (χ0) is 9.84. The van der Waals surface area contributed by atoms with E-state index in [-0.39, 0.29) is 11.8 Å². The molecule has 1 atom stereocenters. The Balaban J connectivity index is 2.87. The van der Waals surface area contributed by atoms with E-state index < -0.39 is 0 Å². The van der Waals surface area contributed by atoms with Crippen molar-refractivity contribution in [2.75, 3.05) is 0 Å². The number of hydrogen-bond acceptors (Lipinski definition) is 2. The van der Waals surface area contributed by atoms with Gasteiger partial charge in [-0.2, -0.15) is 0 Å². The topological polar surface area (TPSA) is 43.1 Å². The molecule has 0 saturated carbocycles. The molecule has 2 N–H and O–H groups in total. The van der Waals surface area contributed by atoms with Crippen LogP contribution >= 0.6 is 0 Å². The van der Waals surface area contributed by atoms with Gasteiger partial charge >= 0.3 is 0 Å². The molecule has 0 aliphatic heterocycles. The molecule has 0 aromatic heterocycles. The van der Waals surface area contributed by atoms with Crippen LogP contribution in [0.5, 0.6) is 0 Å². The van der Waals surface area contributed by atoms with Crippen molar-refractivity contribution in [2.45, 2.75) is 26.3 Å². The molecule has 1 aromatic rings. The molecule has 0 aliphatic carbocycles. The molecule has 0 amide bonds. The van der Waals surface area contributed by atoms with Crippen molar-refractivity contribution in [1.82, 2.24) is 0 Å². The molecule has 0 bridgehead atoms. The Morgan fingerprint density at radius 2 is 1.92 bits per heavy atom. The lowest BCUT2D eigenvalue weighted by Crippen LogP contribution is -2.05. The van der Waals surface area contributed by atoms with Gasteiger partial charge in [0.15, 0.2) is 5.78 Å². The first kappa shape index (κ1) is 9.93. The van der Waals surface area contributed by atoms with E-state index in [4.69, 9.17) is 5.73 Å². The third kappa shape index (κ3) is 2.39. The van der Waals surface area contributed by atoms with E-state index in [1.165, 1.54) is 0 Å². The lowest BCUT2D eigenvalue weighted by Gasteiger charge is -2.05. The number of nitrogens with two attached hydrogens (primary N) is 1. The van der Waals surface area contributed by atoms with E-state index >= 15 is 0 Å². The second-order valence-corrected chi connectivity index (χ2v) is 3.19. The van der Waals surface area contributed by atoms with Gasteiger partial charge in [-0.25, -0.2) is 0 Å². The molecule has 13 heavy (non-hydrogen) atoms. The molecule has 1 aromatic carbocycles. The molecule has 2 nitrogen and oxygen atoms in total. The molecular formula is C11H15NO. The summed E-state index contributed by atoms with van der Waals surface area (Å²) in [4.78, 5) is 11.3. The van der Waals surface area contributed by atoms with Crippen LogP contribution in [0.25, 0.3) is 0 Å². The highest BCUT2D eigenvalue weighted by Gasteiger charge is 2.03. The van der Waals surface area contributed by atoms with Crippen LogP contribution in [0.1, 0.15) is 42.2 Å². The average Bonchev–Trinajstić information content (AvgIpc) is 2.17. The maximum Gasteiger partial charge on any atom is 0.162 e. The highest BCUT2D eigenvalue weighted by Crippen LogP contribution is 2.11. The summed E-state index contributed by atoms with van der Waals surface area (Å²) in [7, 11) is 0. The zero-order valence-corrected chi connectivity index (χ0v) is 8.08. The highest BCUT2D eigenvalue weighted by molar-refractivity contribution is 5.95. The third-order valence-corrected chi connectivity index (χ3v) is 2.08. The number of ketones is 1. The zero-order valence-electron chi connectivity index (χ0n) is 8.08. The molecule has 0 heterocycles. The minimum Gasteiger partial charge on any atom is -0.324 e. The van der Waals surface area contributed by atoms with Crippen molar-refractivity contribution in [1.29, 1.82) is 0 Å². The first-order valence-electron chi connectivity index (χ1n) is 4.54. The van der Waals surface area contributed by atoms with Crippen LogP contribution < -0.4 is 5.73 Å². The predicted molar refractivity (Wildman–Crippen MR) is 53.7 cm³/mol. The summed E-state index contributed by atoms with van der Waals surface area (Å²) in [5, 5.41) is 0. The van der Waals surface area contributed by atoms with Gasteiger partial charge in [0, 0.05) is 18.0 Å². The highest BCUT2D eigenvalue weighted by atomic mass is 16.1. The van der Waals surface area contributed by atoms with E-state index in [1.54, 1.807) is 0 Å². The fourth-order valence-corrected chi connectivity index (χ4v) is 1.18.